The van der Waals surface area contributed by atoms with E-state index in [1.54, 1.807) is 11.8 Å². The number of rotatable bonds is 5. The van der Waals surface area contributed by atoms with E-state index in [0.717, 1.165) is 49.9 Å². The minimum absolute atomic E-state index is 0.530. The van der Waals surface area contributed by atoms with Gasteiger partial charge in [-0.05, 0) is 22.9 Å². The van der Waals surface area contributed by atoms with E-state index in [1.807, 2.05) is 36.5 Å². The van der Waals surface area contributed by atoms with Crippen molar-refractivity contribution in [1.29, 1.82) is 0 Å². The predicted octanol–water partition coefficient (Wildman–Crippen LogP) is 4.93. The summed E-state index contributed by atoms with van der Waals surface area (Å²) in [6.45, 7) is 2.62. The lowest BCUT2D eigenvalue weighted by molar-refractivity contribution is 0.990. The van der Waals surface area contributed by atoms with Crippen molar-refractivity contribution in [2.75, 3.05) is 5.75 Å². The molecule has 2 N–H and O–H groups in total. The Bertz CT molecular complexity index is 1060. The quantitative estimate of drug-likeness (QED) is 0.397. The summed E-state index contributed by atoms with van der Waals surface area (Å²) in [5, 5.41) is 1.70. The molecule has 27 heavy (non-hydrogen) atoms. The number of nitrogens with zero attached hydrogens (tertiary/aromatic N) is 3. The van der Waals surface area contributed by atoms with Crippen LogP contribution in [-0.4, -0.2) is 20.7 Å². The highest BCUT2D eigenvalue weighted by Crippen LogP contribution is 2.33. The van der Waals surface area contributed by atoms with Crippen LogP contribution < -0.4 is 5.73 Å². The van der Waals surface area contributed by atoms with Gasteiger partial charge >= 0.3 is 0 Å². The Morgan fingerprint density at radius 2 is 1.70 bits per heavy atom. The number of pyridine rings is 1. The van der Waals surface area contributed by atoms with Crippen molar-refractivity contribution < 1.29 is 0 Å². The highest BCUT2D eigenvalue weighted by Gasteiger charge is 2.13. The molecule has 0 spiro atoms. The minimum Gasteiger partial charge on any atom is -0.326 e. The van der Waals surface area contributed by atoms with Gasteiger partial charge in [0, 0.05) is 29.3 Å². The molecule has 0 saturated carbocycles. The smallest absolute Gasteiger partial charge is 0.189 e. The fourth-order valence-corrected chi connectivity index (χ4v) is 3.54. The molecule has 0 fully saturated rings. The maximum atomic E-state index is 5.74. The van der Waals surface area contributed by atoms with Crippen LogP contribution in [0.3, 0.4) is 0 Å². The third kappa shape index (κ3) is 3.70. The second-order valence-corrected chi connectivity index (χ2v) is 7.38. The van der Waals surface area contributed by atoms with Crippen LogP contribution in [0.5, 0.6) is 0 Å². The zero-order valence-corrected chi connectivity index (χ0v) is 15.9. The Hall–Kier alpha value is -2.76. The molecule has 4 nitrogen and oxygen atoms in total. The lowest BCUT2D eigenvalue weighted by Gasteiger charge is -2.12. The zero-order chi connectivity index (χ0) is 18.6. The summed E-state index contributed by atoms with van der Waals surface area (Å²) < 4.78 is 0. The van der Waals surface area contributed by atoms with Gasteiger partial charge in [0.1, 0.15) is 0 Å². The molecule has 4 rings (SSSR count). The standard InChI is InChI=1S/C22H20N4S/c1-2-27-22-24-14-18-12-19(16-6-4-3-5-7-16)20(25-21(18)26-22)17-10-8-15(13-23)9-11-17/h3-12,14H,2,13,23H2,1H3. The summed E-state index contributed by atoms with van der Waals surface area (Å²) in [4.78, 5) is 14.0. The molecule has 0 atom stereocenters. The molecule has 2 aromatic heterocycles. The summed E-state index contributed by atoms with van der Waals surface area (Å²) in [5.41, 5.74) is 11.7. The van der Waals surface area contributed by atoms with Gasteiger partial charge in [0.25, 0.3) is 0 Å². The molecule has 2 aromatic carbocycles. The molecule has 2 heterocycles. The van der Waals surface area contributed by atoms with E-state index in [9.17, 15) is 0 Å². The number of aromatic nitrogens is 3. The van der Waals surface area contributed by atoms with E-state index in [-0.39, 0.29) is 0 Å². The van der Waals surface area contributed by atoms with Crippen LogP contribution in [0.2, 0.25) is 0 Å². The topological polar surface area (TPSA) is 64.7 Å². The fraction of sp³-hybridized carbons (Fsp3) is 0.136. The van der Waals surface area contributed by atoms with Crippen LogP contribution in [0.4, 0.5) is 0 Å². The van der Waals surface area contributed by atoms with Crippen molar-refractivity contribution in [2.45, 2.75) is 18.6 Å². The molecular weight excluding hydrogens is 352 g/mol. The number of hydrogen-bond donors (Lipinski definition) is 1. The largest absolute Gasteiger partial charge is 0.326 e. The van der Waals surface area contributed by atoms with E-state index in [2.05, 4.69) is 47.2 Å². The van der Waals surface area contributed by atoms with Gasteiger partial charge in [0.05, 0.1) is 5.69 Å². The number of fused-ring (bicyclic) bond motifs is 1. The molecule has 0 amide bonds. The highest BCUT2D eigenvalue weighted by atomic mass is 32.2. The van der Waals surface area contributed by atoms with Crippen LogP contribution in [0.1, 0.15) is 12.5 Å². The predicted molar refractivity (Wildman–Crippen MR) is 112 cm³/mol. The van der Waals surface area contributed by atoms with Gasteiger partial charge in [-0.15, -0.1) is 0 Å². The summed E-state index contributed by atoms with van der Waals surface area (Å²) in [7, 11) is 0. The summed E-state index contributed by atoms with van der Waals surface area (Å²) in [6.07, 6.45) is 1.86. The molecule has 0 bridgehead atoms. The lowest BCUT2D eigenvalue weighted by atomic mass is 9.98. The first kappa shape index (κ1) is 17.6. The van der Waals surface area contributed by atoms with Gasteiger partial charge in [-0.3, -0.25) is 0 Å². The second kappa shape index (κ2) is 7.86. The number of thioether (sulfide) groups is 1. The summed E-state index contributed by atoms with van der Waals surface area (Å²) >= 11 is 1.62. The van der Waals surface area contributed by atoms with Crippen molar-refractivity contribution in [3.63, 3.8) is 0 Å². The Morgan fingerprint density at radius 3 is 2.41 bits per heavy atom. The van der Waals surface area contributed by atoms with Crippen LogP contribution in [0.15, 0.2) is 72.0 Å². The number of benzene rings is 2. The van der Waals surface area contributed by atoms with Gasteiger partial charge in [-0.25, -0.2) is 15.0 Å². The SMILES string of the molecule is CCSc1ncc2cc(-c3ccccc3)c(-c3ccc(CN)cc3)nc2n1. The molecular formula is C22H20N4S. The maximum absolute atomic E-state index is 5.74. The Kier molecular flexibility index (Phi) is 5.14. The van der Waals surface area contributed by atoms with Crippen LogP contribution >= 0.6 is 11.8 Å². The maximum Gasteiger partial charge on any atom is 0.189 e. The molecule has 4 aromatic rings. The highest BCUT2D eigenvalue weighted by molar-refractivity contribution is 7.99. The van der Waals surface area contributed by atoms with Crippen LogP contribution in [-0.2, 0) is 6.54 Å². The first-order valence-electron chi connectivity index (χ1n) is 8.94. The molecule has 0 unspecified atom stereocenters. The number of hydrogen-bond acceptors (Lipinski definition) is 5. The first-order chi connectivity index (χ1) is 13.3. The third-order valence-corrected chi connectivity index (χ3v) is 5.11. The van der Waals surface area contributed by atoms with Crippen LogP contribution in [0.25, 0.3) is 33.4 Å². The fourth-order valence-electron chi connectivity index (χ4n) is 3.00. The number of nitrogens with two attached hydrogens (primary N) is 1. The Balaban J connectivity index is 1.93. The molecule has 5 heteroatoms. The first-order valence-corrected chi connectivity index (χ1v) is 9.92. The monoisotopic (exact) mass is 372 g/mol. The summed E-state index contributed by atoms with van der Waals surface area (Å²) in [6, 6.07) is 20.7. The summed E-state index contributed by atoms with van der Waals surface area (Å²) in [5.74, 6) is 0.932. The Labute approximate surface area is 162 Å². The van der Waals surface area contributed by atoms with Crippen LogP contribution in [0, 0.1) is 0 Å². The van der Waals surface area contributed by atoms with E-state index >= 15 is 0 Å². The average Bonchev–Trinajstić information content (AvgIpc) is 2.74. The van der Waals surface area contributed by atoms with Crippen molar-refractivity contribution in [2.24, 2.45) is 5.73 Å². The third-order valence-electron chi connectivity index (χ3n) is 4.37. The minimum atomic E-state index is 0.530. The van der Waals surface area contributed by atoms with E-state index in [0.29, 0.717) is 6.54 Å². The van der Waals surface area contributed by atoms with Gasteiger partial charge in [-0.1, -0.05) is 73.3 Å². The van der Waals surface area contributed by atoms with Crippen molar-refractivity contribution in [3.8, 4) is 22.4 Å². The molecule has 0 aliphatic rings. The van der Waals surface area contributed by atoms with Gasteiger partial charge in [-0.2, -0.15) is 0 Å². The van der Waals surface area contributed by atoms with Gasteiger partial charge < -0.3 is 5.73 Å². The van der Waals surface area contributed by atoms with E-state index in [1.165, 1.54) is 0 Å². The van der Waals surface area contributed by atoms with E-state index < -0.39 is 0 Å². The van der Waals surface area contributed by atoms with E-state index in [4.69, 9.17) is 10.7 Å². The van der Waals surface area contributed by atoms with Gasteiger partial charge in [0.15, 0.2) is 10.8 Å². The Morgan fingerprint density at radius 1 is 0.926 bits per heavy atom. The zero-order valence-electron chi connectivity index (χ0n) is 15.1. The van der Waals surface area contributed by atoms with Crippen molar-refractivity contribution >= 4 is 22.8 Å². The molecule has 134 valence electrons. The second-order valence-electron chi connectivity index (χ2n) is 6.15. The molecule has 0 aliphatic carbocycles. The molecule has 0 saturated heterocycles. The molecule has 0 radical (unpaired) electrons. The average molecular weight is 372 g/mol. The lowest BCUT2D eigenvalue weighted by Crippen LogP contribution is -1.97. The van der Waals surface area contributed by atoms with Gasteiger partial charge in [0.2, 0.25) is 0 Å². The van der Waals surface area contributed by atoms with Crippen molar-refractivity contribution in [1.82, 2.24) is 15.0 Å². The normalized spacial score (nSPS) is 11.0. The molecule has 0 aliphatic heterocycles. The van der Waals surface area contributed by atoms with Crippen molar-refractivity contribution in [3.05, 3.63) is 72.4 Å².